The number of amides is 1. The van der Waals surface area contributed by atoms with Gasteiger partial charge in [0, 0.05) is 49.3 Å². The SMILES string of the molecule is CN1C[C@H]2CC[C@@H]1CN(C(=O)c1cccc(-n3cccc3)c1)C2. The smallest absolute Gasteiger partial charge is 0.253 e. The van der Waals surface area contributed by atoms with Crippen molar-refractivity contribution in [3.05, 3.63) is 54.4 Å². The van der Waals surface area contributed by atoms with E-state index in [2.05, 4.69) is 16.8 Å². The molecule has 0 spiro atoms. The molecule has 2 bridgehead atoms. The fourth-order valence-electron chi connectivity index (χ4n) is 3.97. The van der Waals surface area contributed by atoms with E-state index in [4.69, 9.17) is 0 Å². The number of carbonyl (C=O) groups is 1. The molecule has 3 saturated heterocycles. The third kappa shape index (κ3) is 2.79. The van der Waals surface area contributed by atoms with Gasteiger partial charge in [-0.15, -0.1) is 0 Å². The van der Waals surface area contributed by atoms with Crippen molar-refractivity contribution in [3.63, 3.8) is 0 Å². The Morgan fingerprint density at radius 2 is 1.87 bits per heavy atom. The molecule has 0 saturated carbocycles. The summed E-state index contributed by atoms with van der Waals surface area (Å²) in [5.41, 5.74) is 1.83. The minimum absolute atomic E-state index is 0.172. The van der Waals surface area contributed by atoms with Crippen LogP contribution in [0.25, 0.3) is 5.69 Å². The van der Waals surface area contributed by atoms with Crippen LogP contribution in [0.5, 0.6) is 0 Å². The van der Waals surface area contributed by atoms with E-state index >= 15 is 0 Å². The van der Waals surface area contributed by atoms with E-state index in [0.29, 0.717) is 12.0 Å². The number of hydrogen-bond acceptors (Lipinski definition) is 2. The van der Waals surface area contributed by atoms with Crippen molar-refractivity contribution < 1.29 is 4.79 Å². The maximum absolute atomic E-state index is 13.0. The second-order valence-electron chi connectivity index (χ2n) is 6.89. The van der Waals surface area contributed by atoms with Crippen LogP contribution < -0.4 is 0 Å². The second kappa shape index (κ2) is 5.85. The van der Waals surface area contributed by atoms with Gasteiger partial charge in [0.1, 0.15) is 0 Å². The van der Waals surface area contributed by atoms with E-state index in [1.165, 1.54) is 12.8 Å². The van der Waals surface area contributed by atoms with Crippen molar-refractivity contribution >= 4 is 5.91 Å². The highest BCUT2D eigenvalue weighted by molar-refractivity contribution is 5.94. The van der Waals surface area contributed by atoms with Gasteiger partial charge in [0.25, 0.3) is 5.91 Å². The van der Waals surface area contributed by atoms with E-state index in [9.17, 15) is 4.79 Å². The Morgan fingerprint density at radius 1 is 1.04 bits per heavy atom. The van der Waals surface area contributed by atoms with E-state index in [1.54, 1.807) is 0 Å². The highest BCUT2D eigenvalue weighted by Gasteiger charge is 2.34. The number of hydrogen-bond donors (Lipinski definition) is 0. The van der Waals surface area contributed by atoms with Gasteiger partial charge < -0.3 is 14.4 Å². The average molecular weight is 309 g/mol. The first-order valence-corrected chi connectivity index (χ1v) is 8.43. The normalized spacial score (nSPS) is 24.7. The predicted molar refractivity (Wildman–Crippen MR) is 90.8 cm³/mol. The standard InChI is InChI=1S/C19H23N3O/c1-20-12-15-7-8-18(20)14-22(13-15)19(23)16-5-4-6-17(11-16)21-9-2-3-10-21/h2-6,9-11,15,18H,7-8,12-14H2,1H3/t15-,18-/m1/s1. The minimum Gasteiger partial charge on any atom is -0.337 e. The molecule has 0 radical (unpaired) electrons. The molecule has 1 aromatic heterocycles. The van der Waals surface area contributed by atoms with E-state index in [0.717, 1.165) is 30.9 Å². The van der Waals surface area contributed by atoms with Gasteiger partial charge in [0.2, 0.25) is 0 Å². The Labute approximate surface area is 137 Å². The highest BCUT2D eigenvalue weighted by Crippen LogP contribution is 2.27. The summed E-state index contributed by atoms with van der Waals surface area (Å²) in [5, 5.41) is 0. The maximum atomic E-state index is 13.0. The van der Waals surface area contributed by atoms with Crippen LogP contribution in [0.15, 0.2) is 48.8 Å². The monoisotopic (exact) mass is 309 g/mol. The third-order valence-corrected chi connectivity index (χ3v) is 5.27. The highest BCUT2D eigenvalue weighted by atomic mass is 16.2. The molecule has 4 nitrogen and oxygen atoms in total. The number of aromatic nitrogens is 1. The van der Waals surface area contributed by atoms with E-state index in [-0.39, 0.29) is 5.91 Å². The minimum atomic E-state index is 0.172. The molecule has 3 aliphatic rings. The summed E-state index contributed by atoms with van der Waals surface area (Å²) in [6.07, 6.45) is 6.48. The largest absolute Gasteiger partial charge is 0.337 e. The fraction of sp³-hybridized carbons (Fsp3) is 0.421. The van der Waals surface area contributed by atoms with Gasteiger partial charge in [-0.1, -0.05) is 6.07 Å². The second-order valence-corrected chi connectivity index (χ2v) is 6.89. The van der Waals surface area contributed by atoms with Crippen molar-refractivity contribution in [3.8, 4) is 5.69 Å². The molecule has 0 N–H and O–H groups in total. The topological polar surface area (TPSA) is 28.5 Å². The lowest BCUT2D eigenvalue weighted by molar-refractivity contribution is 0.0742. The van der Waals surface area contributed by atoms with Crippen LogP contribution in [0.1, 0.15) is 23.2 Å². The molecule has 0 aliphatic carbocycles. The number of likely N-dealkylation sites (N-methyl/N-ethyl adjacent to an activating group) is 1. The predicted octanol–water partition coefficient (Wildman–Crippen LogP) is 2.64. The summed E-state index contributed by atoms with van der Waals surface area (Å²) in [4.78, 5) is 17.5. The fourth-order valence-corrected chi connectivity index (χ4v) is 3.97. The van der Waals surface area contributed by atoms with Gasteiger partial charge in [-0.25, -0.2) is 0 Å². The van der Waals surface area contributed by atoms with Crippen LogP contribution in [0.2, 0.25) is 0 Å². The van der Waals surface area contributed by atoms with Crippen molar-refractivity contribution in [1.82, 2.24) is 14.4 Å². The molecule has 2 aromatic rings. The van der Waals surface area contributed by atoms with Crippen LogP contribution in [0.4, 0.5) is 0 Å². The van der Waals surface area contributed by atoms with Gasteiger partial charge in [-0.05, 0) is 56.1 Å². The molecule has 5 rings (SSSR count). The summed E-state index contributed by atoms with van der Waals surface area (Å²) < 4.78 is 2.04. The number of fused-ring (bicyclic) bond motifs is 4. The number of piperidine rings is 1. The summed E-state index contributed by atoms with van der Waals surface area (Å²) in [5.74, 6) is 0.793. The summed E-state index contributed by atoms with van der Waals surface area (Å²) in [6.45, 7) is 2.88. The van der Waals surface area contributed by atoms with Gasteiger partial charge in [0.15, 0.2) is 0 Å². The van der Waals surface area contributed by atoms with Crippen molar-refractivity contribution in [1.29, 1.82) is 0 Å². The van der Waals surface area contributed by atoms with Gasteiger partial charge in [-0.2, -0.15) is 0 Å². The third-order valence-electron chi connectivity index (χ3n) is 5.27. The maximum Gasteiger partial charge on any atom is 0.253 e. The Balaban J connectivity index is 1.58. The molecule has 3 aliphatic heterocycles. The number of carbonyl (C=O) groups excluding carboxylic acids is 1. The lowest BCUT2D eigenvalue weighted by atomic mass is 9.96. The Hall–Kier alpha value is -2.07. The molecule has 4 heteroatoms. The zero-order valence-corrected chi connectivity index (χ0v) is 13.6. The molecule has 0 unspecified atom stereocenters. The van der Waals surface area contributed by atoms with Crippen molar-refractivity contribution in [2.45, 2.75) is 18.9 Å². The molecule has 4 heterocycles. The van der Waals surface area contributed by atoms with Gasteiger partial charge in [0.05, 0.1) is 0 Å². The molecule has 3 fully saturated rings. The first kappa shape index (κ1) is 14.5. The number of nitrogens with zero attached hydrogens (tertiary/aromatic N) is 3. The number of benzene rings is 1. The van der Waals surface area contributed by atoms with Crippen LogP contribution in [-0.2, 0) is 0 Å². The molecule has 1 amide bonds. The molecule has 120 valence electrons. The first-order valence-electron chi connectivity index (χ1n) is 8.43. The summed E-state index contributed by atoms with van der Waals surface area (Å²) in [6, 6.07) is 12.5. The lowest BCUT2D eigenvalue weighted by Crippen LogP contribution is -2.41. The number of rotatable bonds is 2. The first-order chi connectivity index (χ1) is 11.2. The molecular formula is C19H23N3O. The molecular weight excluding hydrogens is 286 g/mol. The molecule has 1 aromatic carbocycles. The summed E-state index contributed by atoms with van der Waals surface area (Å²) >= 11 is 0. The van der Waals surface area contributed by atoms with Gasteiger partial charge >= 0.3 is 0 Å². The van der Waals surface area contributed by atoms with Crippen molar-refractivity contribution in [2.24, 2.45) is 5.92 Å². The van der Waals surface area contributed by atoms with E-state index < -0.39 is 0 Å². The average Bonchev–Trinajstić information content (AvgIpc) is 2.97. The zero-order valence-electron chi connectivity index (χ0n) is 13.6. The van der Waals surface area contributed by atoms with Crippen LogP contribution in [0.3, 0.4) is 0 Å². The van der Waals surface area contributed by atoms with Gasteiger partial charge in [-0.3, -0.25) is 4.79 Å². The van der Waals surface area contributed by atoms with E-state index in [1.807, 2.05) is 53.4 Å². The van der Waals surface area contributed by atoms with Crippen LogP contribution in [-0.4, -0.2) is 53.0 Å². The quantitative estimate of drug-likeness (QED) is 0.853. The molecule has 2 atom stereocenters. The summed E-state index contributed by atoms with van der Waals surface area (Å²) in [7, 11) is 2.19. The zero-order chi connectivity index (χ0) is 15.8. The Bertz CT molecular complexity index is 694. The Kier molecular flexibility index (Phi) is 3.69. The molecule has 23 heavy (non-hydrogen) atoms. The van der Waals surface area contributed by atoms with Crippen LogP contribution >= 0.6 is 0 Å². The lowest BCUT2D eigenvalue weighted by Gasteiger charge is -2.32. The van der Waals surface area contributed by atoms with Crippen molar-refractivity contribution in [2.75, 3.05) is 26.7 Å². The van der Waals surface area contributed by atoms with Crippen LogP contribution in [0, 0.1) is 5.92 Å². The Morgan fingerprint density at radius 3 is 2.65 bits per heavy atom.